The topological polar surface area (TPSA) is 78.5 Å². The highest BCUT2D eigenvalue weighted by Crippen LogP contribution is 2.46. The van der Waals surface area contributed by atoms with Gasteiger partial charge in [-0.15, -0.1) is 0 Å². The van der Waals surface area contributed by atoms with Crippen LogP contribution in [0.3, 0.4) is 0 Å². The first kappa shape index (κ1) is 23.3. The third kappa shape index (κ3) is 3.91. The Morgan fingerprint density at radius 3 is 2.50 bits per heavy atom. The SMILES string of the molecule is O=C1Nc2cc(Cl)ccc2C1(Cc1cccc(Cl)c1)N1CCNCC1S(=O)(=O)c1ccccc1. The van der Waals surface area contributed by atoms with Crippen LogP contribution < -0.4 is 10.6 Å². The number of piperazine rings is 1. The van der Waals surface area contributed by atoms with Crippen molar-refractivity contribution in [3.63, 3.8) is 0 Å². The van der Waals surface area contributed by atoms with Crippen LogP contribution >= 0.6 is 23.2 Å². The van der Waals surface area contributed by atoms with E-state index in [4.69, 9.17) is 23.2 Å². The van der Waals surface area contributed by atoms with E-state index in [-0.39, 0.29) is 23.8 Å². The summed E-state index contributed by atoms with van der Waals surface area (Å²) in [5.74, 6) is -0.278. The molecule has 0 aromatic heterocycles. The van der Waals surface area contributed by atoms with Crippen LogP contribution in [0.15, 0.2) is 77.7 Å². The highest BCUT2D eigenvalue weighted by atomic mass is 35.5. The predicted molar refractivity (Wildman–Crippen MR) is 134 cm³/mol. The molecule has 34 heavy (non-hydrogen) atoms. The molecule has 2 unspecified atom stereocenters. The summed E-state index contributed by atoms with van der Waals surface area (Å²) in [6, 6.07) is 20.9. The first-order valence-electron chi connectivity index (χ1n) is 10.9. The van der Waals surface area contributed by atoms with Crippen LogP contribution in [0.1, 0.15) is 11.1 Å². The molecule has 1 amide bonds. The lowest BCUT2D eigenvalue weighted by Gasteiger charge is -2.46. The molecule has 6 nitrogen and oxygen atoms in total. The molecule has 1 fully saturated rings. The van der Waals surface area contributed by atoms with Crippen LogP contribution in [0, 0.1) is 0 Å². The van der Waals surface area contributed by atoms with Crippen LogP contribution in [0.25, 0.3) is 0 Å². The van der Waals surface area contributed by atoms with E-state index in [1.807, 2.05) is 29.2 Å². The van der Waals surface area contributed by atoms with E-state index in [2.05, 4.69) is 10.6 Å². The Labute approximate surface area is 208 Å². The molecule has 5 rings (SSSR count). The molecule has 2 atom stereocenters. The van der Waals surface area contributed by atoms with E-state index in [1.54, 1.807) is 48.5 Å². The Bertz CT molecular complexity index is 1350. The second-order valence-electron chi connectivity index (χ2n) is 8.52. The van der Waals surface area contributed by atoms with Crippen LogP contribution in [0.5, 0.6) is 0 Å². The van der Waals surface area contributed by atoms with Gasteiger partial charge in [0, 0.05) is 47.4 Å². The molecule has 0 saturated carbocycles. The molecular formula is C25H23Cl2N3O3S. The number of carbonyl (C=O) groups is 1. The predicted octanol–water partition coefficient (Wildman–Crippen LogP) is 4.09. The number of benzene rings is 3. The number of halogens is 2. The number of fused-ring (bicyclic) bond motifs is 1. The number of hydrogen-bond acceptors (Lipinski definition) is 5. The van der Waals surface area contributed by atoms with E-state index >= 15 is 0 Å². The highest BCUT2D eigenvalue weighted by molar-refractivity contribution is 7.92. The number of nitrogens with zero attached hydrogens (tertiary/aromatic N) is 1. The van der Waals surface area contributed by atoms with Gasteiger partial charge in [0.05, 0.1) is 4.90 Å². The van der Waals surface area contributed by atoms with Gasteiger partial charge in [-0.3, -0.25) is 9.69 Å². The fraction of sp³-hybridized carbons (Fsp3) is 0.240. The summed E-state index contributed by atoms with van der Waals surface area (Å²) in [6.07, 6.45) is 0.259. The Hall–Kier alpha value is -2.42. The van der Waals surface area contributed by atoms with Crippen molar-refractivity contribution in [3.8, 4) is 0 Å². The number of nitrogens with one attached hydrogen (secondary N) is 2. The maximum Gasteiger partial charge on any atom is 0.249 e. The van der Waals surface area contributed by atoms with Crippen LogP contribution in [0.2, 0.25) is 10.0 Å². The van der Waals surface area contributed by atoms with Gasteiger partial charge in [0.25, 0.3) is 0 Å². The molecule has 3 aromatic rings. The number of anilines is 1. The lowest BCUT2D eigenvalue weighted by molar-refractivity contribution is -0.129. The van der Waals surface area contributed by atoms with Gasteiger partial charge in [-0.05, 0) is 42.0 Å². The van der Waals surface area contributed by atoms with Gasteiger partial charge >= 0.3 is 0 Å². The molecule has 2 N–H and O–H groups in total. The summed E-state index contributed by atoms with van der Waals surface area (Å²) in [7, 11) is -3.79. The molecule has 0 radical (unpaired) electrons. The van der Waals surface area contributed by atoms with Gasteiger partial charge in [0.1, 0.15) is 10.9 Å². The summed E-state index contributed by atoms with van der Waals surface area (Å²) in [4.78, 5) is 15.9. The molecule has 3 aromatic carbocycles. The van der Waals surface area contributed by atoms with Crippen LogP contribution in [-0.4, -0.2) is 44.2 Å². The second kappa shape index (κ2) is 8.98. The van der Waals surface area contributed by atoms with Crippen molar-refractivity contribution >= 4 is 44.6 Å². The minimum absolute atomic E-state index is 0.199. The maximum absolute atomic E-state index is 13.8. The number of sulfone groups is 1. The highest BCUT2D eigenvalue weighted by Gasteiger charge is 2.56. The summed E-state index contributed by atoms with van der Waals surface area (Å²) >= 11 is 12.5. The Kier molecular flexibility index (Phi) is 6.16. The van der Waals surface area contributed by atoms with Crippen molar-refractivity contribution < 1.29 is 13.2 Å². The molecule has 2 aliphatic heterocycles. The van der Waals surface area contributed by atoms with E-state index in [9.17, 15) is 13.2 Å². The molecule has 0 bridgehead atoms. The molecule has 176 valence electrons. The molecule has 2 aliphatic rings. The van der Waals surface area contributed by atoms with Crippen molar-refractivity contribution in [2.24, 2.45) is 0 Å². The van der Waals surface area contributed by atoms with Gasteiger partial charge in [0.15, 0.2) is 9.84 Å². The number of carbonyl (C=O) groups excluding carboxylic acids is 1. The smallest absolute Gasteiger partial charge is 0.249 e. The summed E-state index contributed by atoms with van der Waals surface area (Å²) in [5, 5.41) is 6.26. The summed E-state index contributed by atoms with van der Waals surface area (Å²) in [5.41, 5.74) is 0.880. The van der Waals surface area contributed by atoms with Gasteiger partial charge in [-0.1, -0.05) is 59.6 Å². The zero-order valence-electron chi connectivity index (χ0n) is 18.2. The standard InChI is InChI=1S/C25H23Cl2N3O3S/c26-18-6-4-5-17(13-18)15-25(21-10-9-19(27)14-22(21)29-24(25)31)30-12-11-28-16-23(30)34(32,33)20-7-2-1-3-8-20/h1-10,13-14,23,28H,11-12,15-16H2,(H,29,31). The monoisotopic (exact) mass is 515 g/mol. The minimum Gasteiger partial charge on any atom is -0.324 e. The molecule has 9 heteroatoms. The van der Waals surface area contributed by atoms with Gasteiger partial charge in [0.2, 0.25) is 5.91 Å². The summed E-state index contributed by atoms with van der Waals surface area (Å²) < 4.78 is 27.6. The van der Waals surface area contributed by atoms with Crippen molar-refractivity contribution in [2.75, 3.05) is 25.0 Å². The number of hydrogen-bond donors (Lipinski definition) is 2. The molecule has 0 aliphatic carbocycles. The van der Waals surface area contributed by atoms with E-state index in [0.29, 0.717) is 34.4 Å². The average Bonchev–Trinajstić information content (AvgIpc) is 3.10. The zero-order chi connectivity index (χ0) is 23.9. The largest absolute Gasteiger partial charge is 0.324 e. The second-order valence-corrected chi connectivity index (χ2v) is 11.5. The van der Waals surface area contributed by atoms with Gasteiger partial charge < -0.3 is 10.6 Å². The molecule has 2 heterocycles. The Balaban J connectivity index is 1.69. The lowest BCUT2D eigenvalue weighted by atomic mass is 9.82. The molecular weight excluding hydrogens is 493 g/mol. The Morgan fingerprint density at radius 1 is 0.971 bits per heavy atom. The van der Waals surface area contributed by atoms with E-state index in [1.165, 1.54) is 0 Å². The average molecular weight is 516 g/mol. The number of rotatable bonds is 5. The summed E-state index contributed by atoms with van der Waals surface area (Å²) in [6.45, 7) is 1.12. The first-order chi connectivity index (χ1) is 16.3. The Morgan fingerprint density at radius 2 is 1.74 bits per heavy atom. The third-order valence-electron chi connectivity index (χ3n) is 6.52. The fourth-order valence-corrected chi connectivity index (χ4v) is 7.19. The molecule has 0 spiro atoms. The minimum atomic E-state index is -3.79. The quantitative estimate of drug-likeness (QED) is 0.534. The van der Waals surface area contributed by atoms with Crippen molar-refractivity contribution in [1.82, 2.24) is 10.2 Å². The fourth-order valence-electron chi connectivity index (χ4n) is 4.99. The van der Waals surface area contributed by atoms with E-state index in [0.717, 1.165) is 5.56 Å². The van der Waals surface area contributed by atoms with Crippen LogP contribution in [0.4, 0.5) is 5.69 Å². The van der Waals surface area contributed by atoms with Crippen molar-refractivity contribution in [1.29, 1.82) is 0 Å². The van der Waals surface area contributed by atoms with Gasteiger partial charge in [-0.25, -0.2) is 8.42 Å². The third-order valence-corrected chi connectivity index (χ3v) is 9.05. The maximum atomic E-state index is 13.8. The lowest BCUT2D eigenvalue weighted by Crippen LogP contribution is -2.65. The van der Waals surface area contributed by atoms with Crippen molar-refractivity contribution in [3.05, 3.63) is 94.0 Å². The van der Waals surface area contributed by atoms with Crippen molar-refractivity contribution in [2.45, 2.75) is 22.2 Å². The van der Waals surface area contributed by atoms with Gasteiger partial charge in [-0.2, -0.15) is 0 Å². The number of amides is 1. The van der Waals surface area contributed by atoms with Crippen LogP contribution in [-0.2, 0) is 26.6 Å². The molecule has 1 saturated heterocycles. The zero-order valence-corrected chi connectivity index (χ0v) is 20.5. The van der Waals surface area contributed by atoms with E-state index < -0.39 is 20.8 Å². The normalized spacial score (nSPS) is 22.9. The first-order valence-corrected chi connectivity index (χ1v) is 13.2.